The first-order chi connectivity index (χ1) is 8.41. The van der Waals surface area contributed by atoms with Gasteiger partial charge in [0.15, 0.2) is 9.84 Å². The molecule has 18 heavy (non-hydrogen) atoms. The number of sulfone groups is 1. The van der Waals surface area contributed by atoms with Crippen molar-refractivity contribution in [2.45, 2.75) is 49.7 Å². The third-order valence-electron chi connectivity index (χ3n) is 3.92. The number of benzene rings is 1. The quantitative estimate of drug-likeness (QED) is 0.838. The van der Waals surface area contributed by atoms with Gasteiger partial charge in [-0.3, -0.25) is 0 Å². The van der Waals surface area contributed by atoms with E-state index in [2.05, 4.69) is 6.92 Å². The van der Waals surface area contributed by atoms with Crippen LogP contribution in [0.15, 0.2) is 23.1 Å². The standard InChI is InChI=1S/C14H21NO2S/c1-10-3-7-13(8-4-10)18(16,17)14-9-12(15)6-5-11(14)2/h5-6,9-10,13H,3-4,7-8,15H2,1-2H3. The topological polar surface area (TPSA) is 60.2 Å². The molecule has 0 heterocycles. The summed E-state index contributed by atoms with van der Waals surface area (Å²) in [6.07, 6.45) is 3.56. The van der Waals surface area contributed by atoms with Gasteiger partial charge in [-0.15, -0.1) is 0 Å². The average Bonchev–Trinajstić information content (AvgIpc) is 2.32. The summed E-state index contributed by atoms with van der Waals surface area (Å²) in [5, 5.41) is -0.228. The van der Waals surface area contributed by atoms with Crippen LogP contribution in [0.4, 0.5) is 5.69 Å². The first-order valence-electron chi connectivity index (χ1n) is 6.51. The molecule has 0 spiro atoms. The molecule has 2 N–H and O–H groups in total. The molecule has 0 unspecified atom stereocenters. The lowest BCUT2D eigenvalue weighted by Crippen LogP contribution is -2.27. The highest BCUT2D eigenvalue weighted by Crippen LogP contribution is 2.33. The molecule has 1 saturated carbocycles. The number of hydrogen-bond donors (Lipinski definition) is 1. The Bertz CT molecular complexity index is 529. The summed E-state index contributed by atoms with van der Waals surface area (Å²) in [6, 6.07) is 5.13. The van der Waals surface area contributed by atoms with E-state index < -0.39 is 9.84 Å². The van der Waals surface area contributed by atoms with Gasteiger partial charge in [0.25, 0.3) is 0 Å². The van der Waals surface area contributed by atoms with E-state index >= 15 is 0 Å². The predicted octanol–water partition coefficient (Wildman–Crippen LogP) is 2.93. The molecule has 1 aromatic carbocycles. The van der Waals surface area contributed by atoms with Crippen LogP contribution in [0.5, 0.6) is 0 Å². The minimum atomic E-state index is -3.22. The summed E-state index contributed by atoms with van der Waals surface area (Å²) in [6.45, 7) is 4.02. The van der Waals surface area contributed by atoms with E-state index in [1.165, 1.54) is 0 Å². The molecule has 1 aliphatic rings. The zero-order valence-corrected chi connectivity index (χ0v) is 11.8. The van der Waals surface area contributed by atoms with Gasteiger partial charge in [0, 0.05) is 5.69 Å². The van der Waals surface area contributed by atoms with Gasteiger partial charge in [-0.05, 0) is 56.2 Å². The van der Waals surface area contributed by atoms with Gasteiger partial charge < -0.3 is 5.73 Å². The van der Waals surface area contributed by atoms with Crippen LogP contribution in [0.2, 0.25) is 0 Å². The third kappa shape index (κ3) is 2.53. The van der Waals surface area contributed by atoms with Crippen molar-refractivity contribution >= 4 is 15.5 Å². The van der Waals surface area contributed by atoms with Gasteiger partial charge in [0.05, 0.1) is 10.1 Å². The Kier molecular flexibility index (Phi) is 3.66. The Hall–Kier alpha value is -1.03. The Balaban J connectivity index is 2.33. The van der Waals surface area contributed by atoms with Crippen LogP contribution in [0.25, 0.3) is 0 Å². The minimum absolute atomic E-state index is 0.228. The normalized spacial score (nSPS) is 25.0. The zero-order chi connectivity index (χ0) is 13.3. The lowest BCUT2D eigenvalue weighted by atomic mass is 9.91. The summed E-state index contributed by atoms with van der Waals surface area (Å²) in [7, 11) is -3.22. The Labute approximate surface area is 109 Å². The van der Waals surface area contributed by atoms with Crippen LogP contribution >= 0.6 is 0 Å². The summed E-state index contributed by atoms with van der Waals surface area (Å²) in [5.74, 6) is 0.651. The van der Waals surface area contributed by atoms with Crippen LogP contribution in [-0.2, 0) is 9.84 Å². The fourth-order valence-corrected chi connectivity index (χ4v) is 4.71. The van der Waals surface area contributed by atoms with E-state index in [9.17, 15) is 8.42 Å². The average molecular weight is 267 g/mol. The molecule has 1 fully saturated rings. The van der Waals surface area contributed by atoms with Crippen LogP contribution < -0.4 is 5.73 Å². The lowest BCUT2D eigenvalue weighted by molar-refractivity contribution is 0.382. The first-order valence-corrected chi connectivity index (χ1v) is 8.06. The summed E-state index contributed by atoms with van der Waals surface area (Å²) in [5.41, 5.74) is 7.02. The second-order valence-corrected chi connectivity index (χ2v) is 7.65. The summed E-state index contributed by atoms with van der Waals surface area (Å²) < 4.78 is 25.2. The summed E-state index contributed by atoms with van der Waals surface area (Å²) in [4.78, 5) is 0.419. The molecule has 0 saturated heterocycles. The SMILES string of the molecule is Cc1ccc(N)cc1S(=O)(=O)C1CCC(C)CC1. The van der Waals surface area contributed by atoms with Gasteiger partial charge in [0.2, 0.25) is 0 Å². The van der Waals surface area contributed by atoms with E-state index in [-0.39, 0.29) is 5.25 Å². The van der Waals surface area contributed by atoms with E-state index in [0.717, 1.165) is 31.2 Å². The molecule has 2 rings (SSSR count). The lowest BCUT2D eigenvalue weighted by Gasteiger charge is -2.26. The molecule has 100 valence electrons. The number of anilines is 1. The number of nitrogens with two attached hydrogens (primary N) is 1. The van der Waals surface area contributed by atoms with Gasteiger partial charge in [-0.2, -0.15) is 0 Å². The summed E-state index contributed by atoms with van der Waals surface area (Å²) >= 11 is 0. The van der Waals surface area contributed by atoms with Crippen molar-refractivity contribution in [3.8, 4) is 0 Å². The maximum atomic E-state index is 12.6. The predicted molar refractivity (Wildman–Crippen MR) is 74.2 cm³/mol. The van der Waals surface area contributed by atoms with Crippen molar-refractivity contribution < 1.29 is 8.42 Å². The number of rotatable bonds is 2. The van der Waals surface area contributed by atoms with Crippen molar-refractivity contribution in [2.75, 3.05) is 5.73 Å². The largest absolute Gasteiger partial charge is 0.399 e. The molecule has 0 bridgehead atoms. The Morgan fingerprint density at radius 1 is 1.17 bits per heavy atom. The number of hydrogen-bond acceptors (Lipinski definition) is 3. The molecule has 0 atom stereocenters. The smallest absolute Gasteiger partial charge is 0.181 e. The minimum Gasteiger partial charge on any atom is -0.399 e. The molecule has 3 nitrogen and oxygen atoms in total. The molecule has 0 aliphatic heterocycles. The molecule has 0 radical (unpaired) electrons. The van der Waals surface area contributed by atoms with Gasteiger partial charge in [-0.25, -0.2) is 8.42 Å². The maximum Gasteiger partial charge on any atom is 0.181 e. The van der Waals surface area contributed by atoms with Crippen molar-refractivity contribution in [2.24, 2.45) is 5.92 Å². The van der Waals surface area contributed by atoms with E-state index in [0.29, 0.717) is 16.5 Å². The molecule has 0 amide bonds. The third-order valence-corrected chi connectivity index (χ3v) is 6.32. The van der Waals surface area contributed by atoms with Crippen molar-refractivity contribution in [1.82, 2.24) is 0 Å². The van der Waals surface area contributed by atoms with Crippen LogP contribution in [0.3, 0.4) is 0 Å². The number of aryl methyl sites for hydroxylation is 1. The monoisotopic (exact) mass is 267 g/mol. The van der Waals surface area contributed by atoms with Crippen LogP contribution in [0.1, 0.15) is 38.2 Å². The highest BCUT2D eigenvalue weighted by Gasteiger charge is 2.31. The Morgan fingerprint density at radius 2 is 1.78 bits per heavy atom. The van der Waals surface area contributed by atoms with Gasteiger partial charge in [0.1, 0.15) is 0 Å². The number of nitrogen functional groups attached to an aromatic ring is 1. The second kappa shape index (κ2) is 4.92. The van der Waals surface area contributed by atoms with E-state index in [4.69, 9.17) is 5.73 Å². The van der Waals surface area contributed by atoms with E-state index in [1.807, 2.05) is 6.92 Å². The van der Waals surface area contributed by atoms with Crippen molar-refractivity contribution in [3.05, 3.63) is 23.8 Å². The second-order valence-electron chi connectivity index (χ2n) is 5.45. The molecular weight excluding hydrogens is 246 g/mol. The van der Waals surface area contributed by atoms with Gasteiger partial charge in [-0.1, -0.05) is 13.0 Å². The highest BCUT2D eigenvalue weighted by atomic mass is 32.2. The van der Waals surface area contributed by atoms with Crippen molar-refractivity contribution in [1.29, 1.82) is 0 Å². The fourth-order valence-electron chi connectivity index (χ4n) is 2.64. The maximum absolute atomic E-state index is 12.6. The molecule has 1 aromatic rings. The van der Waals surface area contributed by atoms with Crippen LogP contribution in [0, 0.1) is 12.8 Å². The van der Waals surface area contributed by atoms with Gasteiger partial charge >= 0.3 is 0 Å². The first kappa shape index (κ1) is 13.4. The molecular formula is C14H21NO2S. The molecule has 1 aliphatic carbocycles. The van der Waals surface area contributed by atoms with Crippen LogP contribution in [-0.4, -0.2) is 13.7 Å². The Morgan fingerprint density at radius 3 is 2.39 bits per heavy atom. The highest BCUT2D eigenvalue weighted by molar-refractivity contribution is 7.92. The van der Waals surface area contributed by atoms with E-state index in [1.54, 1.807) is 18.2 Å². The molecule has 4 heteroatoms. The molecule has 0 aromatic heterocycles. The fraction of sp³-hybridized carbons (Fsp3) is 0.571. The van der Waals surface area contributed by atoms with Crippen molar-refractivity contribution in [3.63, 3.8) is 0 Å². The zero-order valence-electron chi connectivity index (χ0n) is 11.0.